The molecule has 1 saturated carbocycles. The van der Waals surface area contributed by atoms with Crippen LogP contribution in [0.25, 0.3) is 0 Å². The van der Waals surface area contributed by atoms with Gasteiger partial charge in [-0.3, -0.25) is 4.98 Å². The van der Waals surface area contributed by atoms with Gasteiger partial charge in [-0.2, -0.15) is 0 Å². The third kappa shape index (κ3) is 2.53. The van der Waals surface area contributed by atoms with Crippen LogP contribution >= 0.6 is 0 Å². The van der Waals surface area contributed by atoms with Gasteiger partial charge in [-0.05, 0) is 31.4 Å². The number of pyridine rings is 1. The van der Waals surface area contributed by atoms with Crippen LogP contribution < -0.4 is 10.6 Å². The zero-order valence-corrected chi connectivity index (χ0v) is 10.2. The van der Waals surface area contributed by atoms with Gasteiger partial charge in [0, 0.05) is 24.5 Å². The van der Waals surface area contributed by atoms with Crippen molar-refractivity contribution in [2.45, 2.75) is 25.3 Å². The quantitative estimate of drug-likeness (QED) is 0.306. The maximum atomic E-state index is 9.15. The van der Waals surface area contributed by atoms with Crippen molar-refractivity contribution in [2.24, 2.45) is 10.9 Å². The van der Waals surface area contributed by atoms with Gasteiger partial charge >= 0.3 is 0 Å². The van der Waals surface area contributed by atoms with Gasteiger partial charge in [0.15, 0.2) is 5.84 Å². The molecule has 1 aliphatic rings. The highest BCUT2D eigenvalue weighted by Gasteiger charge is 2.25. The minimum atomic E-state index is -0.00518. The largest absolute Gasteiger partial charge is 0.409 e. The molecule has 0 saturated heterocycles. The summed E-state index contributed by atoms with van der Waals surface area (Å²) in [5.41, 5.74) is 6.92. The summed E-state index contributed by atoms with van der Waals surface area (Å²) in [5, 5.41) is 20.8. The summed E-state index contributed by atoms with van der Waals surface area (Å²) >= 11 is 0. The van der Waals surface area contributed by atoms with Gasteiger partial charge in [-0.25, -0.2) is 0 Å². The van der Waals surface area contributed by atoms with Gasteiger partial charge in [0.05, 0.1) is 6.61 Å². The lowest BCUT2D eigenvalue weighted by molar-refractivity contribution is 0.283. The smallest absolute Gasteiger partial charge is 0.188 e. The van der Waals surface area contributed by atoms with Crippen molar-refractivity contribution in [2.75, 3.05) is 18.1 Å². The maximum Gasteiger partial charge on any atom is 0.188 e. The second-order valence-electron chi connectivity index (χ2n) is 4.39. The van der Waals surface area contributed by atoms with E-state index in [1.807, 2.05) is 6.07 Å². The molecule has 98 valence electrons. The molecule has 1 heterocycles. The van der Waals surface area contributed by atoms with Crippen LogP contribution in [0.2, 0.25) is 0 Å². The van der Waals surface area contributed by atoms with E-state index in [1.54, 1.807) is 12.3 Å². The van der Waals surface area contributed by atoms with Crippen molar-refractivity contribution in [3.8, 4) is 0 Å². The standard InChI is InChI=1S/C12H18N4O2/c13-12(15-18)11-8-10(4-5-14-11)16(6-7-17)9-2-1-3-9/h4-5,8-9,17-18H,1-3,6-7H2,(H2,13,15). The van der Waals surface area contributed by atoms with Crippen molar-refractivity contribution in [1.29, 1.82) is 0 Å². The summed E-state index contributed by atoms with van der Waals surface area (Å²) in [7, 11) is 0. The summed E-state index contributed by atoms with van der Waals surface area (Å²) in [5.74, 6) is -0.00518. The topological polar surface area (TPSA) is 95.0 Å². The van der Waals surface area contributed by atoms with Crippen LogP contribution in [0, 0.1) is 0 Å². The van der Waals surface area contributed by atoms with Crippen LogP contribution in [-0.2, 0) is 0 Å². The fourth-order valence-corrected chi connectivity index (χ4v) is 2.12. The Hall–Kier alpha value is -1.82. The van der Waals surface area contributed by atoms with E-state index in [-0.39, 0.29) is 12.4 Å². The molecule has 0 bridgehead atoms. The minimum Gasteiger partial charge on any atom is -0.409 e. The molecule has 0 spiro atoms. The number of hydrogen-bond acceptors (Lipinski definition) is 5. The highest BCUT2D eigenvalue weighted by molar-refractivity contribution is 5.95. The molecule has 0 unspecified atom stereocenters. The first-order chi connectivity index (χ1) is 8.76. The molecule has 2 rings (SSSR count). The van der Waals surface area contributed by atoms with Crippen molar-refractivity contribution >= 4 is 11.5 Å². The molecule has 0 amide bonds. The summed E-state index contributed by atoms with van der Waals surface area (Å²) in [6.07, 6.45) is 5.14. The predicted octanol–water partition coefficient (Wildman–Crippen LogP) is 0.527. The number of aromatic nitrogens is 1. The Kier molecular flexibility index (Phi) is 3.99. The Bertz CT molecular complexity index is 432. The highest BCUT2D eigenvalue weighted by Crippen LogP contribution is 2.29. The van der Waals surface area contributed by atoms with E-state index in [1.165, 1.54) is 6.42 Å². The Morgan fingerprint density at radius 2 is 2.33 bits per heavy atom. The number of hydrogen-bond donors (Lipinski definition) is 3. The first kappa shape index (κ1) is 12.6. The fraction of sp³-hybridized carbons (Fsp3) is 0.500. The molecule has 0 aliphatic heterocycles. The zero-order valence-electron chi connectivity index (χ0n) is 10.2. The Morgan fingerprint density at radius 3 is 2.89 bits per heavy atom. The van der Waals surface area contributed by atoms with E-state index in [9.17, 15) is 0 Å². The molecule has 1 fully saturated rings. The lowest BCUT2D eigenvalue weighted by Crippen LogP contribution is -2.42. The fourth-order valence-electron chi connectivity index (χ4n) is 2.12. The molecule has 0 radical (unpaired) electrons. The van der Waals surface area contributed by atoms with Crippen LogP contribution in [0.4, 0.5) is 5.69 Å². The summed E-state index contributed by atoms with van der Waals surface area (Å²) in [4.78, 5) is 6.20. The molecule has 1 aromatic rings. The summed E-state index contributed by atoms with van der Waals surface area (Å²) in [6.45, 7) is 0.696. The number of anilines is 1. The second-order valence-corrected chi connectivity index (χ2v) is 4.39. The van der Waals surface area contributed by atoms with E-state index < -0.39 is 0 Å². The van der Waals surface area contributed by atoms with E-state index in [4.69, 9.17) is 16.0 Å². The average Bonchev–Trinajstić information content (AvgIpc) is 2.35. The van der Waals surface area contributed by atoms with Crippen LogP contribution in [0.5, 0.6) is 0 Å². The third-order valence-corrected chi connectivity index (χ3v) is 3.30. The predicted molar refractivity (Wildman–Crippen MR) is 68.8 cm³/mol. The van der Waals surface area contributed by atoms with Gasteiger partial charge in [0.1, 0.15) is 5.69 Å². The van der Waals surface area contributed by atoms with Crippen LogP contribution in [0.3, 0.4) is 0 Å². The highest BCUT2D eigenvalue weighted by atomic mass is 16.4. The third-order valence-electron chi connectivity index (χ3n) is 3.30. The summed E-state index contributed by atoms with van der Waals surface area (Å²) in [6, 6.07) is 4.13. The zero-order chi connectivity index (χ0) is 13.0. The molecule has 6 nitrogen and oxygen atoms in total. The van der Waals surface area contributed by atoms with Gasteiger partial charge in [-0.1, -0.05) is 5.16 Å². The molecule has 4 N–H and O–H groups in total. The van der Waals surface area contributed by atoms with Crippen molar-refractivity contribution in [1.82, 2.24) is 4.98 Å². The second kappa shape index (κ2) is 5.68. The molecule has 0 aromatic carbocycles. The molecule has 18 heavy (non-hydrogen) atoms. The summed E-state index contributed by atoms with van der Waals surface area (Å²) < 4.78 is 0. The van der Waals surface area contributed by atoms with Crippen molar-refractivity contribution in [3.05, 3.63) is 24.0 Å². The molecular formula is C12H18N4O2. The van der Waals surface area contributed by atoms with E-state index in [0.717, 1.165) is 18.5 Å². The van der Waals surface area contributed by atoms with Gasteiger partial charge < -0.3 is 20.9 Å². The molecule has 1 aromatic heterocycles. The molecular weight excluding hydrogens is 232 g/mol. The SMILES string of the molecule is N/C(=N/O)c1cc(N(CCO)C2CCC2)ccn1. The van der Waals surface area contributed by atoms with E-state index in [0.29, 0.717) is 18.3 Å². The lowest BCUT2D eigenvalue weighted by Gasteiger charge is -2.39. The normalized spacial score (nSPS) is 16.4. The number of aliphatic hydroxyl groups is 1. The Labute approximate surface area is 106 Å². The van der Waals surface area contributed by atoms with Crippen LogP contribution in [0.15, 0.2) is 23.5 Å². The number of nitrogens with two attached hydrogens (primary N) is 1. The molecule has 0 atom stereocenters. The Morgan fingerprint density at radius 1 is 1.56 bits per heavy atom. The van der Waals surface area contributed by atoms with Gasteiger partial charge in [0.25, 0.3) is 0 Å². The lowest BCUT2D eigenvalue weighted by atomic mass is 9.91. The van der Waals surface area contributed by atoms with Crippen molar-refractivity contribution < 1.29 is 10.3 Å². The average molecular weight is 250 g/mol. The number of nitrogens with zero attached hydrogens (tertiary/aromatic N) is 3. The number of oxime groups is 1. The maximum absolute atomic E-state index is 9.15. The van der Waals surface area contributed by atoms with Gasteiger partial charge in [-0.15, -0.1) is 0 Å². The van der Waals surface area contributed by atoms with E-state index in [2.05, 4.69) is 15.0 Å². The number of aliphatic hydroxyl groups excluding tert-OH is 1. The first-order valence-electron chi connectivity index (χ1n) is 6.07. The molecule has 6 heteroatoms. The van der Waals surface area contributed by atoms with Crippen LogP contribution in [-0.4, -0.2) is 40.3 Å². The minimum absolute atomic E-state index is 0.00518. The van der Waals surface area contributed by atoms with Crippen molar-refractivity contribution in [3.63, 3.8) is 0 Å². The van der Waals surface area contributed by atoms with E-state index >= 15 is 0 Å². The monoisotopic (exact) mass is 250 g/mol. The Balaban J connectivity index is 2.23. The number of amidine groups is 1. The molecule has 1 aliphatic carbocycles. The van der Waals surface area contributed by atoms with Gasteiger partial charge in [0.2, 0.25) is 0 Å². The number of rotatable bonds is 5. The van der Waals surface area contributed by atoms with Crippen LogP contribution in [0.1, 0.15) is 25.0 Å². The first-order valence-corrected chi connectivity index (χ1v) is 6.07.